The second kappa shape index (κ2) is 5.21. The molecule has 0 atom stereocenters. The molecule has 3 rings (SSSR count). The summed E-state index contributed by atoms with van der Waals surface area (Å²) in [6.07, 6.45) is 1.56. The van der Waals surface area contributed by atoms with Crippen LogP contribution in [0, 0.1) is 11.6 Å². The molecule has 0 saturated carbocycles. The number of pyridine rings is 1. The van der Waals surface area contributed by atoms with Crippen LogP contribution in [0.5, 0.6) is 0 Å². The molecule has 0 unspecified atom stereocenters. The van der Waals surface area contributed by atoms with Gasteiger partial charge in [-0.1, -0.05) is 36.4 Å². The summed E-state index contributed by atoms with van der Waals surface area (Å²) in [5.74, 6) is -0.942. The van der Waals surface area contributed by atoms with E-state index in [0.29, 0.717) is 11.3 Å². The summed E-state index contributed by atoms with van der Waals surface area (Å²) in [4.78, 5) is 4.08. The van der Waals surface area contributed by atoms with Gasteiger partial charge in [0.15, 0.2) is 0 Å². The summed E-state index contributed by atoms with van der Waals surface area (Å²) in [6.45, 7) is 0. The highest BCUT2D eigenvalue weighted by Crippen LogP contribution is 2.31. The third-order valence-corrected chi connectivity index (χ3v) is 3.06. The quantitative estimate of drug-likeness (QED) is 0.656. The Morgan fingerprint density at radius 2 is 1.45 bits per heavy atom. The monoisotopic (exact) mass is 267 g/mol. The summed E-state index contributed by atoms with van der Waals surface area (Å²) >= 11 is 0. The van der Waals surface area contributed by atoms with Gasteiger partial charge in [-0.2, -0.15) is 0 Å². The first-order chi connectivity index (χ1) is 9.75. The van der Waals surface area contributed by atoms with E-state index < -0.39 is 11.6 Å². The summed E-state index contributed by atoms with van der Waals surface area (Å²) in [7, 11) is 0. The van der Waals surface area contributed by atoms with Crippen LogP contribution in [-0.4, -0.2) is 4.98 Å². The fraction of sp³-hybridized carbons (Fsp3) is 0. The third kappa shape index (κ3) is 2.30. The molecule has 1 nitrogen and oxygen atoms in total. The molecule has 1 aromatic heterocycles. The molecule has 1 heterocycles. The zero-order chi connectivity index (χ0) is 13.9. The highest BCUT2D eigenvalue weighted by Gasteiger charge is 2.14. The minimum atomic E-state index is -0.481. The minimum Gasteiger partial charge on any atom is -0.256 e. The van der Waals surface area contributed by atoms with Crippen molar-refractivity contribution in [3.63, 3.8) is 0 Å². The van der Waals surface area contributed by atoms with Gasteiger partial charge in [-0.3, -0.25) is 4.98 Å². The Morgan fingerprint density at radius 3 is 2.15 bits per heavy atom. The summed E-state index contributed by atoms with van der Waals surface area (Å²) in [5, 5.41) is 0. The lowest BCUT2D eigenvalue weighted by atomic mass is 10.00. The first-order valence-corrected chi connectivity index (χ1v) is 6.21. The van der Waals surface area contributed by atoms with Gasteiger partial charge in [0, 0.05) is 17.3 Å². The lowest BCUT2D eigenvalue weighted by molar-refractivity contribution is 0.605. The smallest absolute Gasteiger partial charge is 0.140 e. The second-order valence-electron chi connectivity index (χ2n) is 4.40. The van der Waals surface area contributed by atoms with Gasteiger partial charge in [0.05, 0.1) is 5.69 Å². The number of hydrogen-bond donors (Lipinski definition) is 0. The predicted molar refractivity (Wildman–Crippen MR) is 75.0 cm³/mol. The predicted octanol–water partition coefficient (Wildman–Crippen LogP) is 4.69. The number of rotatable bonds is 2. The highest BCUT2D eigenvalue weighted by molar-refractivity contribution is 5.72. The Hall–Kier alpha value is -2.55. The van der Waals surface area contributed by atoms with Crippen molar-refractivity contribution in [3.05, 3.63) is 78.5 Å². The average Bonchev–Trinajstić information content (AvgIpc) is 2.51. The molecule has 20 heavy (non-hydrogen) atoms. The Balaban J connectivity index is 2.22. The van der Waals surface area contributed by atoms with Crippen molar-refractivity contribution >= 4 is 0 Å². The molecule has 0 aliphatic heterocycles. The maximum absolute atomic E-state index is 14.6. The van der Waals surface area contributed by atoms with Gasteiger partial charge in [-0.25, -0.2) is 8.78 Å². The van der Waals surface area contributed by atoms with Gasteiger partial charge in [0.25, 0.3) is 0 Å². The van der Waals surface area contributed by atoms with Crippen molar-refractivity contribution in [2.24, 2.45) is 0 Å². The van der Waals surface area contributed by atoms with Crippen LogP contribution >= 0.6 is 0 Å². The van der Waals surface area contributed by atoms with E-state index in [1.54, 1.807) is 48.7 Å². The molecule has 0 aliphatic carbocycles. The van der Waals surface area contributed by atoms with Crippen molar-refractivity contribution in [1.82, 2.24) is 4.98 Å². The summed E-state index contributed by atoms with van der Waals surface area (Å²) in [6, 6.07) is 16.4. The van der Waals surface area contributed by atoms with Gasteiger partial charge in [-0.15, -0.1) is 0 Å². The topological polar surface area (TPSA) is 12.9 Å². The molecule has 0 bridgehead atoms. The SMILES string of the molecule is Fc1cc(-c2ccccc2)c(F)c(-c2ccccn2)c1. The van der Waals surface area contributed by atoms with E-state index >= 15 is 0 Å². The van der Waals surface area contributed by atoms with Crippen LogP contribution in [0.2, 0.25) is 0 Å². The molecular formula is C17H11F2N. The number of benzene rings is 2. The molecule has 0 N–H and O–H groups in total. The Bertz CT molecular complexity index is 664. The van der Waals surface area contributed by atoms with E-state index in [0.717, 1.165) is 0 Å². The normalized spacial score (nSPS) is 10.5. The molecule has 2 aromatic carbocycles. The Kier molecular flexibility index (Phi) is 3.25. The first kappa shape index (κ1) is 12.5. The molecule has 0 saturated heterocycles. The van der Waals surface area contributed by atoms with E-state index in [9.17, 15) is 8.78 Å². The summed E-state index contributed by atoms with van der Waals surface area (Å²) in [5.41, 5.74) is 1.47. The van der Waals surface area contributed by atoms with E-state index in [1.165, 1.54) is 12.1 Å². The fourth-order valence-electron chi connectivity index (χ4n) is 2.13. The average molecular weight is 267 g/mol. The van der Waals surface area contributed by atoms with Crippen LogP contribution in [0.1, 0.15) is 0 Å². The van der Waals surface area contributed by atoms with Gasteiger partial charge in [0.2, 0.25) is 0 Å². The third-order valence-electron chi connectivity index (χ3n) is 3.06. The highest BCUT2D eigenvalue weighted by atomic mass is 19.1. The van der Waals surface area contributed by atoms with Crippen LogP contribution in [-0.2, 0) is 0 Å². The fourth-order valence-corrected chi connectivity index (χ4v) is 2.13. The van der Waals surface area contributed by atoms with Crippen LogP contribution in [0.25, 0.3) is 22.4 Å². The van der Waals surface area contributed by atoms with Gasteiger partial charge in [0.1, 0.15) is 11.6 Å². The number of hydrogen-bond acceptors (Lipinski definition) is 1. The molecule has 3 aromatic rings. The van der Waals surface area contributed by atoms with Crippen molar-refractivity contribution < 1.29 is 8.78 Å². The molecule has 98 valence electrons. The number of nitrogens with zero attached hydrogens (tertiary/aromatic N) is 1. The lowest BCUT2D eigenvalue weighted by Crippen LogP contribution is -1.93. The lowest BCUT2D eigenvalue weighted by Gasteiger charge is -2.09. The molecule has 0 amide bonds. The first-order valence-electron chi connectivity index (χ1n) is 6.21. The Morgan fingerprint density at radius 1 is 0.750 bits per heavy atom. The summed E-state index contributed by atoms with van der Waals surface area (Å²) < 4.78 is 28.4. The van der Waals surface area contributed by atoms with E-state index in [2.05, 4.69) is 4.98 Å². The van der Waals surface area contributed by atoms with Crippen LogP contribution < -0.4 is 0 Å². The molecule has 0 aliphatic rings. The minimum absolute atomic E-state index is 0.171. The zero-order valence-corrected chi connectivity index (χ0v) is 10.6. The number of halogens is 2. The van der Waals surface area contributed by atoms with Crippen molar-refractivity contribution in [1.29, 1.82) is 0 Å². The van der Waals surface area contributed by atoms with Gasteiger partial charge < -0.3 is 0 Å². The Labute approximate surface area is 115 Å². The van der Waals surface area contributed by atoms with Crippen LogP contribution in [0.15, 0.2) is 66.9 Å². The maximum Gasteiger partial charge on any atom is 0.140 e. The zero-order valence-electron chi connectivity index (χ0n) is 10.6. The molecular weight excluding hydrogens is 256 g/mol. The number of aromatic nitrogens is 1. The molecule has 3 heteroatoms. The van der Waals surface area contributed by atoms with Crippen molar-refractivity contribution in [2.45, 2.75) is 0 Å². The van der Waals surface area contributed by atoms with E-state index in [1.807, 2.05) is 6.07 Å². The van der Waals surface area contributed by atoms with Crippen LogP contribution in [0.3, 0.4) is 0 Å². The van der Waals surface area contributed by atoms with E-state index in [4.69, 9.17) is 0 Å². The van der Waals surface area contributed by atoms with Gasteiger partial charge >= 0.3 is 0 Å². The standard InChI is InChI=1S/C17H11F2N/c18-13-10-14(12-6-2-1-3-7-12)17(19)15(11-13)16-8-4-5-9-20-16/h1-11H. The van der Waals surface area contributed by atoms with Crippen LogP contribution in [0.4, 0.5) is 8.78 Å². The molecule has 0 spiro atoms. The van der Waals surface area contributed by atoms with E-state index in [-0.39, 0.29) is 11.1 Å². The van der Waals surface area contributed by atoms with Gasteiger partial charge in [-0.05, 0) is 29.8 Å². The second-order valence-corrected chi connectivity index (χ2v) is 4.40. The molecule has 0 fully saturated rings. The largest absolute Gasteiger partial charge is 0.256 e. The van der Waals surface area contributed by atoms with Crippen molar-refractivity contribution in [3.8, 4) is 22.4 Å². The maximum atomic E-state index is 14.6. The molecule has 0 radical (unpaired) electrons. The van der Waals surface area contributed by atoms with Crippen molar-refractivity contribution in [2.75, 3.05) is 0 Å².